The second kappa shape index (κ2) is 9.74. The van der Waals surface area contributed by atoms with Crippen LogP contribution in [0, 0.1) is 0 Å². The molecule has 1 aromatic carbocycles. The van der Waals surface area contributed by atoms with Crippen LogP contribution in [0.3, 0.4) is 0 Å². The van der Waals surface area contributed by atoms with Gasteiger partial charge in [0.2, 0.25) is 5.91 Å². The topological polar surface area (TPSA) is 82.3 Å². The van der Waals surface area contributed by atoms with E-state index in [9.17, 15) is 9.59 Å². The van der Waals surface area contributed by atoms with Crippen molar-refractivity contribution >= 4 is 35.1 Å². The maximum absolute atomic E-state index is 12.2. The number of anilines is 2. The number of benzene rings is 1. The van der Waals surface area contributed by atoms with Gasteiger partial charge in [-0.1, -0.05) is 25.7 Å². The Balaban J connectivity index is 1.13. The van der Waals surface area contributed by atoms with Gasteiger partial charge in [0.25, 0.3) is 0 Å². The van der Waals surface area contributed by atoms with Gasteiger partial charge in [0.05, 0.1) is 12.1 Å². The zero-order valence-electron chi connectivity index (χ0n) is 16.9. The molecule has 3 fully saturated rings. The SMILES string of the molecule is O=C(CCCC[C@@H]1SC[C@@H]2NC(=O)N[C@@H]21)Nc1ccc(NC2CCCCC2)cc1. The molecule has 0 radical (unpaired) electrons. The van der Waals surface area contributed by atoms with E-state index < -0.39 is 0 Å². The average Bonchev–Trinajstić information content (AvgIpc) is 3.27. The van der Waals surface area contributed by atoms with Crippen LogP contribution in [0.5, 0.6) is 0 Å². The maximum atomic E-state index is 12.2. The highest BCUT2D eigenvalue weighted by Gasteiger charge is 2.42. The van der Waals surface area contributed by atoms with Gasteiger partial charge in [-0.05, 0) is 49.9 Å². The lowest BCUT2D eigenvalue weighted by Gasteiger charge is -2.23. The maximum Gasteiger partial charge on any atom is 0.315 e. The molecule has 29 heavy (non-hydrogen) atoms. The van der Waals surface area contributed by atoms with E-state index in [1.165, 1.54) is 32.1 Å². The van der Waals surface area contributed by atoms with Crippen LogP contribution in [-0.2, 0) is 4.79 Å². The van der Waals surface area contributed by atoms with Gasteiger partial charge in [-0.3, -0.25) is 4.79 Å². The molecule has 7 heteroatoms. The third-order valence-electron chi connectivity index (χ3n) is 6.23. The van der Waals surface area contributed by atoms with Crippen molar-refractivity contribution in [3.05, 3.63) is 24.3 Å². The van der Waals surface area contributed by atoms with E-state index >= 15 is 0 Å². The molecule has 1 aromatic rings. The number of unbranched alkanes of at least 4 members (excludes halogenated alkanes) is 1. The Morgan fingerprint density at radius 3 is 2.59 bits per heavy atom. The molecular formula is C22H32N4O2S. The van der Waals surface area contributed by atoms with Crippen LogP contribution in [0.2, 0.25) is 0 Å². The predicted molar refractivity (Wildman–Crippen MR) is 120 cm³/mol. The molecule has 0 bridgehead atoms. The monoisotopic (exact) mass is 416 g/mol. The lowest BCUT2D eigenvalue weighted by molar-refractivity contribution is -0.116. The first kappa shape index (κ1) is 20.4. The first-order valence-corrected chi connectivity index (χ1v) is 12.1. The summed E-state index contributed by atoms with van der Waals surface area (Å²) < 4.78 is 0. The van der Waals surface area contributed by atoms with E-state index in [-0.39, 0.29) is 24.0 Å². The van der Waals surface area contributed by atoms with Gasteiger partial charge in [-0.25, -0.2) is 4.79 Å². The Hall–Kier alpha value is -1.89. The van der Waals surface area contributed by atoms with Crippen molar-refractivity contribution in [3.8, 4) is 0 Å². The molecule has 2 aliphatic heterocycles. The summed E-state index contributed by atoms with van der Waals surface area (Å²) in [7, 11) is 0. The molecule has 158 valence electrons. The number of hydrogen-bond donors (Lipinski definition) is 4. The zero-order chi connectivity index (χ0) is 20.1. The van der Waals surface area contributed by atoms with E-state index in [1.54, 1.807) is 0 Å². The van der Waals surface area contributed by atoms with Gasteiger partial charge in [0, 0.05) is 34.8 Å². The van der Waals surface area contributed by atoms with Crippen LogP contribution in [0.4, 0.5) is 16.2 Å². The Bertz CT molecular complexity index is 705. The first-order chi connectivity index (χ1) is 14.2. The fraction of sp³-hybridized carbons (Fsp3) is 0.636. The molecule has 3 atom stereocenters. The highest BCUT2D eigenvalue weighted by molar-refractivity contribution is 8.00. The minimum Gasteiger partial charge on any atom is -0.382 e. The summed E-state index contributed by atoms with van der Waals surface area (Å²) in [5.74, 6) is 1.06. The van der Waals surface area contributed by atoms with Gasteiger partial charge < -0.3 is 21.3 Å². The van der Waals surface area contributed by atoms with E-state index in [0.717, 1.165) is 36.4 Å². The number of thioether (sulfide) groups is 1. The molecule has 3 aliphatic rings. The normalized spacial score (nSPS) is 26.5. The Morgan fingerprint density at radius 1 is 1.03 bits per heavy atom. The molecule has 2 saturated heterocycles. The van der Waals surface area contributed by atoms with Crippen molar-refractivity contribution in [1.29, 1.82) is 0 Å². The first-order valence-electron chi connectivity index (χ1n) is 11.0. The largest absolute Gasteiger partial charge is 0.382 e. The summed E-state index contributed by atoms with van der Waals surface area (Å²) in [4.78, 5) is 23.7. The second-order valence-corrected chi connectivity index (χ2v) is 9.74. The number of rotatable bonds is 8. The smallest absolute Gasteiger partial charge is 0.315 e. The van der Waals surface area contributed by atoms with Crippen molar-refractivity contribution in [1.82, 2.24) is 10.6 Å². The van der Waals surface area contributed by atoms with Crippen molar-refractivity contribution in [2.24, 2.45) is 0 Å². The van der Waals surface area contributed by atoms with Crippen LogP contribution in [0.1, 0.15) is 57.8 Å². The number of urea groups is 1. The summed E-state index contributed by atoms with van der Waals surface area (Å²) in [5.41, 5.74) is 1.99. The highest BCUT2D eigenvalue weighted by Crippen LogP contribution is 2.33. The van der Waals surface area contributed by atoms with Crippen molar-refractivity contribution in [2.75, 3.05) is 16.4 Å². The predicted octanol–water partition coefficient (Wildman–Crippen LogP) is 4.10. The number of hydrogen-bond acceptors (Lipinski definition) is 4. The minimum absolute atomic E-state index is 0.0374. The fourth-order valence-corrected chi connectivity index (χ4v) is 6.17. The lowest BCUT2D eigenvalue weighted by atomic mass is 9.95. The molecule has 4 N–H and O–H groups in total. The molecule has 6 nitrogen and oxygen atoms in total. The van der Waals surface area contributed by atoms with E-state index in [4.69, 9.17) is 0 Å². The Kier molecular flexibility index (Phi) is 6.85. The molecule has 0 aromatic heterocycles. The van der Waals surface area contributed by atoms with Crippen LogP contribution < -0.4 is 21.3 Å². The summed E-state index contributed by atoms with van der Waals surface area (Å²) in [6.07, 6.45) is 9.97. The number of nitrogens with one attached hydrogen (secondary N) is 4. The number of carbonyl (C=O) groups excluding carboxylic acids is 2. The van der Waals surface area contributed by atoms with E-state index in [0.29, 0.717) is 17.7 Å². The van der Waals surface area contributed by atoms with Crippen molar-refractivity contribution < 1.29 is 9.59 Å². The van der Waals surface area contributed by atoms with E-state index in [1.807, 2.05) is 23.9 Å². The molecule has 0 spiro atoms. The standard InChI is InChI=1S/C22H32N4O2S/c27-20(9-5-4-8-19-21-18(14-29-19)25-22(28)26-21)24-17-12-10-16(11-13-17)23-15-6-2-1-3-7-15/h10-13,15,18-19,21,23H,1-9,14H2,(H,24,27)(H2,25,26,28)/t18-,19-,21-/m0/s1. The zero-order valence-corrected chi connectivity index (χ0v) is 17.7. The van der Waals surface area contributed by atoms with Gasteiger partial charge in [0.1, 0.15) is 0 Å². The molecule has 1 aliphatic carbocycles. The summed E-state index contributed by atoms with van der Waals surface area (Å²) in [6.45, 7) is 0. The summed E-state index contributed by atoms with van der Waals surface area (Å²) in [6, 6.07) is 9.15. The number of fused-ring (bicyclic) bond motifs is 1. The van der Waals surface area contributed by atoms with E-state index in [2.05, 4.69) is 33.4 Å². The molecule has 1 saturated carbocycles. The van der Waals surface area contributed by atoms with Crippen molar-refractivity contribution in [3.63, 3.8) is 0 Å². The van der Waals surface area contributed by atoms with Gasteiger partial charge >= 0.3 is 6.03 Å². The highest BCUT2D eigenvalue weighted by atomic mass is 32.2. The molecule has 3 amide bonds. The summed E-state index contributed by atoms with van der Waals surface area (Å²) in [5, 5.41) is 13.1. The van der Waals surface area contributed by atoms with Gasteiger partial charge in [-0.15, -0.1) is 0 Å². The Morgan fingerprint density at radius 2 is 1.79 bits per heavy atom. The molecule has 4 rings (SSSR count). The third kappa shape index (κ3) is 5.59. The van der Waals surface area contributed by atoms with Crippen LogP contribution in [-0.4, -0.2) is 41.1 Å². The Labute approximate surface area is 177 Å². The quantitative estimate of drug-likeness (QED) is 0.380. The number of amides is 3. The van der Waals surface area contributed by atoms with Crippen LogP contribution in [0.15, 0.2) is 24.3 Å². The lowest BCUT2D eigenvalue weighted by Crippen LogP contribution is -2.36. The summed E-state index contributed by atoms with van der Waals surface area (Å²) >= 11 is 1.93. The third-order valence-corrected chi connectivity index (χ3v) is 7.73. The fourth-order valence-electron chi connectivity index (χ4n) is 4.63. The molecule has 2 heterocycles. The van der Waals surface area contributed by atoms with Gasteiger partial charge in [-0.2, -0.15) is 11.8 Å². The average molecular weight is 417 g/mol. The minimum atomic E-state index is -0.0374. The number of carbonyl (C=O) groups is 2. The van der Waals surface area contributed by atoms with Crippen molar-refractivity contribution in [2.45, 2.75) is 81.2 Å². The second-order valence-electron chi connectivity index (χ2n) is 8.47. The molecule has 0 unspecified atom stereocenters. The molecular weight excluding hydrogens is 384 g/mol. The van der Waals surface area contributed by atoms with Crippen LogP contribution in [0.25, 0.3) is 0 Å². The van der Waals surface area contributed by atoms with Crippen LogP contribution >= 0.6 is 11.8 Å². The van der Waals surface area contributed by atoms with Gasteiger partial charge in [0.15, 0.2) is 0 Å².